The highest BCUT2D eigenvalue weighted by atomic mass is 79.9. The summed E-state index contributed by atoms with van der Waals surface area (Å²) in [4.78, 5) is 4.66. The average Bonchev–Trinajstić information content (AvgIpc) is 2.79. The molecule has 20 heavy (non-hydrogen) atoms. The van der Waals surface area contributed by atoms with Crippen LogP contribution in [0.25, 0.3) is 11.0 Å². The molecule has 0 N–H and O–H groups in total. The molecule has 0 saturated heterocycles. The number of fused-ring (bicyclic) bond motifs is 1. The first-order chi connectivity index (χ1) is 9.67. The van der Waals surface area contributed by atoms with Crippen LogP contribution in [0.5, 0.6) is 0 Å². The first-order valence-corrected chi connectivity index (χ1v) is 8.70. The van der Waals surface area contributed by atoms with Crippen molar-refractivity contribution in [3.05, 3.63) is 28.5 Å². The minimum Gasteiger partial charge on any atom is -0.327 e. The summed E-state index contributed by atoms with van der Waals surface area (Å²) in [7, 11) is 0. The van der Waals surface area contributed by atoms with Gasteiger partial charge in [0.25, 0.3) is 0 Å². The molecular formula is C16H20BrClN2. The highest BCUT2D eigenvalue weighted by molar-refractivity contribution is 9.10. The van der Waals surface area contributed by atoms with Gasteiger partial charge in [0.15, 0.2) is 0 Å². The van der Waals surface area contributed by atoms with Crippen molar-refractivity contribution >= 4 is 38.6 Å². The summed E-state index contributed by atoms with van der Waals surface area (Å²) in [5.41, 5.74) is 2.25. The molecule has 0 atom stereocenters. The van der Waals surface area contributed by atoms with Crippen molar-refractivity contribution in [2.75, 3.05) is 0 Å². The van der Waals surface area contributed by atoms with Crippen molar-refractivity contribution in [1.29, 1.82) is 0 Å². The Morgan fingerprint density at radius 1 is 1.30 bits per heavy atom. The van der Waals surface area contributed by atoms with Crippen LogP contribution in [0.3, 0.4) is 0 Å². The van der Waals surface area contributed by atoms with E-state index in [9.17, 15) is 0 Å². The van der Waals surface area contributed by atoms with Gasteiger partial charge in [-0.05, 0) is 42.9 Å². The number of halogens is 2. The monoisotopic (exact) mass is 354 g/mol. The standard InChI is InChI=1S/C16H20BrClN2/c1-11-2-4-12(5-3-11)10-20-15-8-13(17)6-7-14(15)19-16(20)9-18/h6-8,11-12H,2-5,9-10H2,1H3. The fourth-order valence-corrected chi connectivity index (χ4v) is 3.77. The number of hydrogen-bond donors (Lipinski definition) is 0. The van der Waals surface area contributed by atoms with Gasteiger partial charge in [0.05, 0.1) is 16.9 Å². The van der Waals surface area contributed by atoms with Crippen LogP contribution >= 0.6 is 27.5 Å². The number of alkyl halides is 1. The summed E-state index contributed by atoms with van der Waals surface area (Å²) in [6, 6.07) is 6.26. The SMILES string of the molecule is CC1CCC(Cn2c(CCl)nc3ccc(Br)cc32)CC1. The van der Waals surface area contributed by atoms with Crippen LogP contribution in [0.15, 0.2) is 22.7 Å². The number of rotatable bonds is 3. The summed E-state index contributed by atoms with van der Waals surface area (Å²) >= 11 is 9.65. The number of aromatic nitrogens is 2. The molecule has 1 aliphatic rings. The van der Waals surface area contributed by atoms with E-state index in [1.807, 2.05) is 6.07 Å². The predicted molar refractivity (Wildman–Crippen MR) is 88.1 cm³/mol. The van der Waals surface area contributed by atoms with Crippen molar-refractivity contribution in [2.24, 2.45) is 11.8 Å². The van der Waals surface area contributed by atoms with Gasteiger partial charge in [0.2, 0.25) is 0 Å². The molecule has 108 valence electrons. The number of hydrogen-bond acceptors (Lipinski definition) is 1. The molecule has 2 aromatic rings. The first-order valence-electron chi connectivity index (χ1n) is 7.38. The van der Waals surface area contributed by atoms with Crippen LogP contribution in [-0.4, -0.2) is 9.55 Å². The van der Waals surface area contributed by atoms with E-state index in [1.165, 1.54) is 31.2 Å². The lowest BCUT2D eigenvalue weighted by Crippen LogP contribution is -2.18. The van der Waals surface area contributed by atoms with Gasteiger partial charge in [-0.3, -0.25) is 0 Å². The Balaban J connectivity index is 1.91. The minimum absolute atomic E-state index is 0.482. The first kappa shape index (κ1) is 14.4. The van der Waals surface area contributed by atoms with E-state index in [0.29, 0.717) is 5.88 Å². The van der Waals surface area contributed by atoms with E-state index in [1.54, 1.807) is 0 Å². The van der Waals surface area contributed by atoms with E-state index in [4.69, 9.17) is 11.6 Å². The second-order valence-corrected chi connectivity index (χ2v) is 7.21. The largest absolute Gasteiger partial charge is 0.327 e. The predicted octanol–water partition coefficient (Wildman–Crippen LogP) is 5.36. The molecule has 0 aliphatic heterocycles. The molecule has 1 aromatic heterocycles. The molecule has 0 amide bonds. The molecule has 4 heteroatoms. The zero-order valence-corrected chi connectivity index (χ0v) is 14.1. The van der Waals surface area contributed by atoms with Gasteiger partial charge in [-0.2, -0.15) is 0 Å². The van der Waals surface area contributed by atoms with E-state index in [2.05, 4.69) is 44.5 Å². The number of nitrogens with zero attached hydrogens (tertiary/aromatic N) is 2. The number of benzene rings is 1. The average molecular weight is 356 g/mol. The zero-order valence-electron chi connectivity index (χ0n) is 11.8. The molecule has 0 spiro atoms. The van der Waals surface area contributed by atoms with Gasteiger partial charge >= 0.3 is 0 Å². The van der Waals surface area contributed by atoms with Crippen molar-refractivity contribution in [2.45, 2.75) is 45.0 Å². The smallest absolute Gasteiger partial charge is 0.124 e. The van der Waals surface area contributed by atoms with Crippen molar-refractivity contribution in [1.82, 2.24) is 9.55 Å². The van der Waals surface area contributed by atoms with E-state index in [-0.39, 0.29) is 0 Å². The number of imidazole rings is 1. The van der Waals surface area contributed by atoms with Crippen molar-refractivity contribution in [3.63, 3.8) is 0 Å². The van der Waals surface area contributed by atoms with Crippen molar-refractivity contribution in [3.8, 4) is 0 Å². The molecule has 0 unspecified atom stereocenters. The molecule has 0 radical (unpaired) electrons. The summed E-state index contributed by atoms with van der Waals surface area (Å²) in [5, 5.41) is 0. The van der Waals surface area contributed by atoms with Crippen LogP contribution in [0, 0.1) is 11.8 Å². The highest BCUT2D eigenvalue weighted by Crippen LogP contribution is 2.31. The minimum atomic E-state index is 0.482. The molecule has 1 aromatic carbocycles. The van der Waals surface area contributed by atoms with Gasteiger partial charge in [-0.15, -0.1) is 11.6 Å². The third-order valence-corrected chi connectivity index (χ3v) is 5.22. The molecule has 1 heterocycles. The molecule has 1 aliphatic carbocycles. The lowest BCUT2D eigenvalue weighted by Gasteiger charge is -2.27. The quantitative estimate of drug-likeness (QED) is 0.677. The molecule has 1 fully saturated rings. The Morgan fingerprint density at radius 3 is 2.75 bits per heavy atom. The Bertz CT molecular complexity index is 600. The normalized spacial score (nSPS) is 23.4. The van der Waals surface area contributed by atoms with Crippen LogP contribution in [-0.2, 0) is 12.4 Å². The third-order valence-electron chi connectivity index (χ3n) is 4.49. The summed E-state index contributed by atoms with van der Waals surface area (Å²) in [5.74, 6) is 3.14. The maximum Gasteiger partial charge on any atom is 0.124 e. The van der Waals surface area contributed by atoms with Gasteiger partial charge < -0.3 is 4.57 Å². The zero-order chi connectivity index (χ0) is 14.1. The molecule has 1 saturated carbocycles. The molecular weight excluding hydrogens is 336 g/mol. The van der Waals surface area contributed by atoms with Gasteiger partial charge in [0, 0.05) is 11.0 Å². The molecule has 2 nitrogen and oxygen atoms in total. The summed E-state index contributed by atoms with van der Waals surface area (Å²) in [6.07, 6.45) is 5.38. The molecule has 0 bridgehead atoms. The van der Waals surface area contributed by atoms with E-state index >= 15 is 0 Å². The fourth-order valence-electron chi connectivity index (χ4n) is 3.22. The second kappa shape index (κ2) is 6.07. The molecule has 3 rings (SSSR count). The van der Waals surface area contributed by atoms with Gasteiger partial charge in [0.1, 0.15) is 5.82 Å². The van der Waals surface area contributed by atoms with Crippen LogP contribution < -0.4 is 0 Å². The topological polar surface area (TPSA) is 17.8 Å². The van der Waals surface area contributed by atoms with Crippen LogP contribution in [0.4, 0.5) is 0 Å². The highest BCUT2D eigenvalue weighted by Gasteiger charge is 2.20. The lowest BCUT2D eigenvalue weighted by atomic mass is 9.83. The van der Waals surface area contributed by atoms with E-state index in [0.717, 1.165) is 34.2 Å². The summed E-state index contributed by atoms with van der Waals surface area (Å²) < 4.78 is 3.43. The maximum atomic E-state index is 6.09. The lowest BCUT2D eigenvalue weighted by molar-refractivity contribution is 0.265. The van der Waals surface area contributed by atoms with Crippen LogP contribution in [0.2, 0.25) is 0 Å². The Morgan fingerprint density at radius 2 is 2.05 bits per heavy atom. The van der Waals surface area contributed by atoms with Crippen molar-refractivity contribution < 1.29 is 0 Å². The Kier molecular flexibility index (Phi) is 4.37. The van der Waals surface area contributed by atoms with Gasteiger partial charge in [-0.1, -0.05) is 35.7 Å². The fraction of sp³-hybridized carbons (Fsp3) is 0.562. The third kappa shape index (κ3) is 2.89. The summed E-state index contributed by atoms with van der Waals surface area (Å²) in [6.45, 7) is 3.42. The maximum absolute atomic E-state index is 6.09. The van der Waals surface area contributed by atoms with Crippen LogP contribution in [0.1, 0.15) is 38.4 Å². The van der Waals surface area contributed by atoms with E-state index < -0.39 is 0 Å². The Labute approximate surface area is 133 Å². The second-order valence-electron chi connectivity index (χ2n) is 6.03. The van der Waals surface area contributed by atoms with Gasteiger partial charge in [-0.25, -0.2) is 4.98 Å². The Hall–Kier alpha value is -0.540.